The standard InChI is InChI=1S/C22H28O6S2/c1-15-8-10-17(3)21(12-15)29(23,24)27-19-6-5-7-20(14-19)28-30(25,26)22-13-16(2)9-11-18(22)4/h8-13,19-20H,5-7,14H2,1-4H3. The van der Waals surface area contributed by atoms with Gasteiger partial charge >= 0.3 is 0 Å². The van der Waals surface area contributed by atoms with Crippen LogP contribution in [0.2, 0.25) is 0 Å². The van der Waals surface area contributed by atoms with Crippen molar-refractivity contribution >= 4 is 20.2 Å². The normalized spacial score (nSPS) is 20.3. The molecule has 0 bridgehead atoms. The molecule has 0 saturated heterocycles. The van der Waals surface area contributed by atoms with E-state index in [1.807, 2.05) is 26.0 Å². The Balaban J connectivity index is 1.74. The molecule has 8 heteroatoms. The van der Waals surface area contributed by atoms with Crippen LogP contribution in [0.4, 0.5) is 0 Å². The molecule has 164 valence electrons. The third-order valence-electron chi connectivity index (χ3n) is 5.33. The number of hydrogen-bond donors (Lipinski definition) is 0. The molecule has 0 aromatic heterocycles. The Morgan fingerprint density at radius 1 is 0.700 bits per heavy atom. The van der Waals surface area contributed by atoms with E-state index in [-0.39, 0.29) is 16.2 Å². The van der Waals surface area contributed by atoms with Crippen molar-refractivity contribution in [3.05, 3.63) is 58.7 Å². The molecule has 1 fully saturated rings. The van der Waals surface area contributed by atoms with E-state index in [0.29, 0.717) is 30.4 Å². The average molecular weight is 453 g/mol. The number of hydrogen-bond acceptors (Lipinski definition) is 6. The second kappa shape index (κ2) is 8.78. The molecule has 3 rings (SSSR count). The van der Waals surface area contributed by atoms with Gasteiger partial charge in [0.25, 0.3) is 20.2 Å². The highest BCUT2D eigenvalue weighted by Crippen LogP contribution is 2.30. The highest BCUT2D eigenvalue weighted by molar-refractivity contribution is 7.87. The molecule has 1 aliphatic carbocycles. The predicted molar refractivity (Wildman–Crippen MR) is 114 cm³/mol. The largest absolute Gasteiger partial charge is 0.297 e. The van der Waals surface area contributed by atoms with Crippen LogP contribution in [0.1, 0.15) is 47.9 Å². The van der Waals surface area contributed by atoms with Crippen LogP contribution in [0.25, 0.3) is 0 Å². The van der Waals surface area contributed by atoms with Crippen LogP contribution in [0.5, 0.6) is 0 Å². The zero-order chi connectivity index (χ0) is 22.1. The van der Waals surface area contributed by atoms with Gasteiger partial charge in [0.2, 0.25) is 0 Å². The topological polar surface area (TPSA) is 86.7 Å². The maximum absolute atomic E-state index is 12.8. The van der Waals surface area contributed by atoms with E-state index >= 15 is 0 Å². The van der Waals surface area contributed by atoms with Crippen LogP contribution >= 0.6 is 0 Å². The van der Waals surface area contributed by atoms with Crippen LogP contribution < -0.4 is 0 Å². The fourth-order valence-corrected chi connectivity index (χ4v) is 6.55. The molecule has 0 radical (unpaired) electrons. The zero-order valence-electron chi connectivity index (χ0n) is 17.7. The van der Waals surface area contributed by atoms with Crippen molar-refractivity contribution in [2.45, 2.75) is 75.4 Å². The van der Waals surface area contributed by atoms with Gasteiger partial charge in [-0.3, -0.25) is 8.37 Å². The molecule has 0 amide bonds. The molecule has 2 aromatic rings. The number of aryl methyl sites for hydroxylation is 4. The Labute approximate surface area is 179 Å². The second-order valence-electron chi connectivity index (χ2n) is 8.05. The van der Waals surface area contributed by atoms with Crippen molar-refractivity contribution in [1.29, 1.82) is 0 Å². The summed E-state index contributed by atoms with van der Waals surface area (Å²) in [7, 11) is -7.90. The summed E-state index contributed by atoms with van der Waals surface area (Å²) in [6, 6.07) is 10.4. The Hall–Kier alpha value is -1.74. The Morgan fingerprint density at radius 2 is 1.10 bits per heavy atom. The lowest BCUT2D eigenvalue weighted by molar-refractivity contribution is 0.0759. The highest BCUT2D eigenvalue weighted by Gasteiger charge is 2.32. The summed E-state index contributed by atoms with van der Waals surface area (Å²) in [4.78, 5) is 0.294. The molecule has 1 aliphatic rings. The lowest BCUT2D eigenvalue weighted by Gasteiger charge is -2.28. The molecular weight excluding hydrogens is 424 g/mol. The first-order valence-corrected chi connectivity index (χ1v) is 12.8. The van der Waals surface area contributed by atoms with E-state index in [1.165, 1.54) is 0 Å². The van der Waals surface area contributed by atoms with Gasteiger partial charge in [-0.15, -0.1) is 0 Å². The van der Waals surface area contributed by atoms with Crippen LogP contribution in [-0.2, 0) is 28.6 Å². The Morgan fingerprint density at radius 3 is 1.50 bits per heavy atom. The monoisotopic (exact) mass is 452 g/mol. The average Bonchev–Trinajstić information content (AvgIpc) is 2.65. The molecule has 2 unspecified atom stereocenters. The molecule has 6 nitrogen and oxygen atoms in total. The van der Waals surface area contributed by atoms with E-state index in [4.69, 9.17) is 8.37 Å². The minimum atomic E-state index is -3.95. The first kappa shape index (κ1) is 22.9. The van der Waals surface area contributed by atoms with Gasteiger partial charge in [0.15, 0.2) is 0 Å². The smallest absolute Gasteiger partial charge is 0.263 e. The SMILES string of the molecule is Cc1ccc(C)c(S(=O)(=O)OC2CCCC(OS(=O)(=O)c3cc(C)ccc3C)C2)c1. The van der Waals surface area contributed by atoms with E-state index in [9.17, 15) is 16.8 Å². The van der Waals surface area contributed by atoms with Crippen LogP contribution in [-0.4, -0.2) is 29.0 Å². The molecule has 0 N–H and O–H groups in total. The zero-order valence-corrected chi connectivity index (χ0v) is 19.3. The van der Waals surface area contributed by atoms with Crippen LogP contribution in [0, 0.1) is 27.7 Å². The van der Waals surface area contributed by atoms with Gasteiger partial charge in [-0.2, -0.15) is 16.8 Å². The summed E-state index contributed by atoms with van der Waals surface area (Å²) in [5, 5.41) is 0. The molecule has 30 heavy (non-hydrogen) atoms. The maximum atomic E-state index is 12.8. The van der Waals surface area contributed by atoms with Gasteiger partial charge in [0.05, 0.1) is 22.0 Å². The number of rotatable bonds is 6. The molecule has 1 saturated carbocycles. The van der Waals surface area contributed by atoms with Crippen LogP contribution in [0.15, 0.2) is 46.2 Å². The van der Waals surface area contributed by atoms with E-state index in [2.05, 4.69) is 0 Å². The minimum absolute atomic E-state index is 0.147. The van der Waals surface area contributed by atoms with Gasteiger partial charge in [0, 0.05) is 6.42 Å². The molecule has 2 atom stereocenters. The molecule has 0 aliphatic heterocycles. The summed E-state index contributed by atoms with van der Waals surface area (Å²) in [5.74, 6) is 0. The van der Waals surface area contributed by atoms with Gasteiger partial charge < -0.3 is 0 Å². The van der Waals surface area contributed by atoms with Crippen molar-refractivity contribution in [3.63, 3.8) is 0 Å². The summed E-state index contributed by atoms with van der Waals surface area (Å²) in [6.07, 6.45) is 0.652. The lowest BCUT2D eigenvalue weighted by Crippen LogP contribution is -2.31. The lowest BCUT2D eigenvalue weighted by atomic mass is 9.95. The molecular formula is C22H28O6S2. The van der Waals surface area contributed by atoms with E-state index < -0.39 is 32.4 Å². The van der Waals surface area contributed by atoms with Gasteiger partial charge in [-0.1, -0.05) is 24.3 Å². The predicted octanol–water partition coefficient (Wildman–Crippen LogP) is 4.34. The summed E-state index contributed by atoms with van der Waals surface area (Å²) >= 11 is 0. The summed E-state index contributed by atoms with van der Waals surface area (Å²) < 4.78 is 62.1. The van der Waals surface area contributed by atoms with Crippen molar-refractivity contribution in [3.8, 4) is 0 Å². The quantitative estimate of drug-likeness (QED) is 0.606. The third kappa shape index (κ3) is 5.29. The van der Waals surface area contributed by atoms with Gasteiger partial charge in [0.1, 0.15) is 0 Å². The number of benzene rings is 2. The van der Waals surface area contributed by atoms with E-state index in [1.54, 1.807) is 38.1 Å². The van der Waals surface area contributed by atoms with Crippen molar-refractivity contribution in [2.24, 2.45) is 0 Å². The fourth-order valence-electron chi connectivity index (χ4n) is 3.69. The Bertz CT molecular complexity index is 1050. The molecule has 0 heterocycles. The maximum Gasteiger partial charge on any atom is 0.297 e. The third-order valence-corrected chi connectivity index (χ3v) is 8.34. The molecule has 2 aromatic carbocycles. The van der Waals surface area contributed by atoms with Crippen molar-refractivity contribution in [2.75, 3.05) is 0 Å². The summed E-state index contributed by atoms with van der Waals surface area (Å²) in [5.41, 5.74) is 2.88. The Kier molecular flexibility index (Phi) is 6.72. The summed E-state index contributed by atoms with van der Waals surface area (Å²) in [6.45, 7) is 7.08. The first-order valence-electron chi connectivity index (χ1n) is 9.99. The first-order chi connectivity index (χ1) is 14.0. The van der Waals surface area contributed by atoms with E-state index in [0.717, 1.165) is 11.1 Å². The van der Waals surface area contributed by atoms with Crippen molar-refractivity contribution < 1.29 is 25.2 Å². The minimum Gasteiger partial charge on any atom is -0.263 e. The second-order valence-corrected chi connectivity index (χ2v) is 11.1. The van der Waals surface area contributed by atoms with Gasteiger partial charge in [-0.05, 0) is 81.3 Å². The van der Waals surface area contributed by atoms with Crippen LogP contribution in [0.3, 0.4) is 0 Å². The van der Waals surface area contributed by atoms with Gasteiger partial charge in [-0.25, -0.2) is 0 Å². The molecule has 0 spiro atoms. The van der Waals surface area contributed by atoms with Crippen molar-refractivity contribution in [1.82, 2.24) is 0 Å². The highest BCUT2D eigenvalue weighted by atomic mass is 32.2. The fraction of sp³-hybridized carbons (Fsp3) is 0.455.